The van der Waals surface area contributed by atoms with Crippen LogP contribution in [0.25, 0.3) is 0 Å². The predicted molar refractivity (Wildman–Crippen MR) is 69.1 cm³/mol. The highest BCUT2D eigenvalue weighted by Crippen LogP contribution is 2.20. The topological polar surface area (TPSA) is 95.5 Å². The molecule has 1 aromatic rings. The third-order valence-electron chi connectivity index (χ3n) is 2.48. The van der Waals surface area contributed by atoms with Crippen LogP contribution in [0.5, 0.6) is 0 Å². The molecule has 0 aliphatic heterocycles. The van der Waals surface area contributed by atoms with E-state index in [9.17, 15) is 13.2 Å². The van der Waals surface area contributed by atoms with Crippen LogP contribution in [0.1, 0.15) is 28.4 Å². The monoisotopic (exact) mass is 272 g/mol. The molecule has 0 heterocycles. The van der Waals surface area contributed by atoms with Crippen molar-refractivity contribution in [2.75, 3.05) is 11.3 Å². The number of rotatable bonds is 5. The van der Waals surface area contributed by atoms with Gasteiger partial charge in [-0.15, -0.1) is 0 Å². The summed E-state index contributed by atoms with van der Waals surface area (Å²) in [7, 11) is -3.65. The molecule has 7 heteroatoms. The van der Waals surface area contributed by atoms with Crippen LogP contribution in [0.2, 0.25) is 0 Å². The van der Waals surface area contributed by atoms with E-state index in [1.807, 2.05) is 0 Å². The maximum Gasteiger partial charge on any atom is 0.336 e. The molecule has 3 N–H and O–H groups in total. The largest absolute Gasteiger partial charge is 0.478 e. The zero-order valence-corrected chi connectivity index (χ0v) is 11.3. The zero-order valence-electron chi connectivity index (χ0n) is 10.4. The normalized spacial score (nSPS) is 11.3. The molecule has 1 aromatic carbocycles. The Morgan fingerprint density at radius 2 is 1.94 bits per heavy atom. The number of hydrogen-bond donors (Lipinski definition) is 3. The third-order valence-corrected chi connectivity index (χ3v) is 3.66. The van der Waals surface area contributed by atoms with E-state index >= 15 is 0 Å². The van der Waals surface area contributed by atoms with Crippen molar-refractivity contribution in [1.29, 1.82) is 0 Å². The molecular weight excluding hydrogens is 256 g/mol. The van der Waals surface area contributed by atoms with E-state index in [-0.39, 0.29) is 17.8 Å². The smallest absolute Gasteiger partial charge is 0.336 e. The van der Waals surface area contributed by atoms with Crippen molar-refractivity contribution in [1.82, 2.24) is 4.72 Å². The zero-order chi connectivity index (χ0) is 13.9. The lowest BCUT2D eigenvalue weighted by molar-refractivity contribution is 0.0696. The van der Waals surface area contributed by atoms with Crippen molar-refractivity contribution in [3.05, 3.63) is 28.8 Å². The molecule has 0 spiro atoms. The summed E-state index contributed by atoms with van der Waals surface area (Å²) in [5.74, 6) is -1.08. The predicted octanol–water partition coefficient (Wildman–Crippen LogP) is 1.27. The highest BCUT2D eigenvalue weighted by atomic mass is 32.2. The number of aryl methyl sites for hydroxylation is 1. The van der Waals surface area contributed by atoms with E-state index in [0.717, 1.165) is 0 Å². The number of aromatic carboxylic acids is 1. The van der Waals surface area contributed by atoms with Gasteiger partial charge in [-0.25, -0.2) is 4.79 Å². The van der Waals surface area contributed by atoms with Crippen LogP contribution >= 0.6 is 0 Å². The summed E-state index contributed by atoms with van der Waals surface area (Å²) in [6.07, 6.45) is 0. The van der Waals surface area contributed by atoms with Gasteiger partial charge in [-0.3, -0.25) is 4.72 Å². The van der Waals surface area contributed by atoms with Gasteiger partial charge in [0, 0.05) is 6.54 Å². The van der Waals surface area contributed by atoms with Crippen molar-refractivity contribution in [2.24, 2.45) is 0 Å². The number of benzene rings is 1. The second-order valence-electron chi connectivity index (χ2n) is 3.87. The molecule has 6 nitrogen and oxygen atoms in total. The summed E-state index contributed by atoms with van der Waals surface area (Å²) < 4.78 is 27.6. The highest BCUT2D eigenvalue weighted by molar-refractivity contribution is 7.90. The third kappa shape index (κ3) is 3.44. The van der Waals surface area contributed by atoms with Crippen molar-refractivity contribution in [3.8, 4) is 0 Å². The van der Waals surface area contributed by atoms with Crippen molar-refractivity contribution in [2.45, 2.75) is 20.8 Å². The van der Waals surface area contributed by atoms with E-state index in [2.05, 4.69) is 9.44 Å². The fraction of sp³-hybridized carbons (Fsp3) is 0.364. The molecule has 0 atom stereocenters. The number of carboxylic acids is 1. The quantitative estimate of drug-likeness (QED) is 0.752. The van der Waals surface area contributed by atoms with Gasteiger partial charge in [-0.05, 0) is 37.1 Å². The van der Waals surface area contributed by atoms with E-state index < -0.39 is 16.2 Å². The second-order valence-corrected chi connectivity index (χ2v) is 5.37. The minimum Gasteiger partial charge on any atom is -0.478 e. The lowest BCUT2D eigenvalue weighted by Crippen LogP contribution is -2.29. The average Bonchev–Trinajstić information content (AvgIpc) is 2.21. The van der Waals surface area contributed by atoms with Gasteiger partial charge in [0.1, 0.15) is 0 Å². The molecule has 0 aliphatic carbocycles. The number of anilines is 1. The molecule has 18 heavy (non-hydrogen) atoms. The van der Waals surface area contributed by atoms with Gasteiger partial charge in [0.15, 0.2) is 0 Å². The van der Waals surface area contributed by atoms with Crippen molar-refractivity contribution < 1.29 is 18.3 Å². The Bertz CT molecular complexity index is 567. The molecule has 0 radical (unpaired) electrons. The maximum atomic E-state index is 11.5. The number of hydrogen-bond acceptors (Lipinski definition) is 3. The fourth-order valence-electron chi connectivity index (χ4n) is 1.52. The molecule has 0 amide bonds. The number of carbonyl (C=O) groups is 1. The Morgan fingerprint density at radius 3 is 2.44 bits per heavy atom. The lowest BCUT2D eigenvalue weighted by Gasteiger charge is -2.12. The lowest BCUT2D eigenvalue weighted by atomic mass is 10.0. The van der Waals surface area contributed by atoms with Gasteiger partial charge in [0.25, 0.3) is 10.2 Å². The molecule has 0 aliphatic rings. The summed E-state index contributed by atoms with van der Waals surface area (Å²) >= 11 is 0. The second kappa shape index (κ2) is 5.36. The van der Waals surface area contributed by atoms with E-state index in [0.29, 0.717) is 11.1 Å². The number of nitrogens with one attached hydrogen (secondary N) is 2. The molecule has 0 aromatic heterocycles. The van der Waals surface area contributed by atoms with E-state index in [1.165, 1.54) is 6.07 Å². The van der Waals surface area contributed by atoms with E-state index in [4.69, 9.17) is 5.11 Å². The van der Waals surface area contributed by atoms with Gasteiger partial charge in [0.05, 0.1) is 11.3 Å². The molecule has 100 valence electrons. The minimum atomic E-state index is -3.65. The van der Waals surface area contributed by atoms with Gasteiger partial charge in [0.2, 0.25) is 0 Å². The standard InChI is InChI=1S/C11H16N2O4S/c1-4-12-18(16,17)13-9-5-7(2)8(3)10(6-9)11(14)15/h5-6,12-13H,4H2,1-3H3,(H,14,15). The van der Waals surface area contributed by atoms with Crippen LogP contribution in [0.15, 0.2) is 12.1 Å². The first-order valence-corrected chi connectivity index (χ1v) is 6.87. The molecule has 0 saturated heterocycles. The Balaban J connectivity index is 3.16. The SMILES string of the molecule is CCNS(=O)(=O)Nc1cc(C)c(C)c(C(=O)O)c1. The summed E-state index contributed by atoms with van der Waals surface area (Å²) in [4.78, 5) is 11.0. The molecule has 0 saturated carbocycles. The van der Waals surface area contributed by atoms with Crippen LogP contribution in [0.3, 0.4) is 0 Å². The Kier molecular flexibility index (Phi) is 4.31. The van der Waals surface area contributed by atoms with Gasteiger partial charge in [-0.2, -0.15) is 13.1 Å². The Labute approximate surface area is 106 Å². The van der Waals surface area contributed by atoms with Gasteiger partial charge < -0.3 is 5.11 Å². The maximum absolute atomic E-state index is 11.5. The summed E-state index contributed by atoms with van der Waals surface area (Å²) in [6, 6.07) is 2.90. The first-order chi connectivity index (χ1) is 8.26. The van der Waals surface area contributed by atoms with Crippen LogP contribution in [-0.2, 0) is 10.2 Å². The average molecular weight is 272 g/mol. The van der Waals surface area contributed by atoms with Gasteiger partial charge >= 0.3 is 5.97 Å². The number of carboxylic acid groups (broad SMARTS) is 1. The van der Waals surface area contributed by atoms with Crippen LogP contribution < -0.4 is 9.44 Å². The Hall–Kier alpha value is -1.60. The van der Waals surface area contributed by atoms with Crippen molar-refractivity contribution in [3.63, 3.8) is 0 Å². The molecule has 0 bridgehead atoms. The van der Waals surface area contributed by atoms with Crippen LogP contribution in [0.4, 0.5) is 5.69 Å². The minimum absolute atomic E-state index is 0.0872. The molecule has 1 rings (SSSR count). The van der Waals surface area contributed by atoms with Crippen LogP contribution in [0, 0.1) is 13.8 Å². The molecule has 0 fully saturated rings. The molecular formula is C11H16N2O4S. The highest BCUT2D eigenvalue weighted by Gasteiger charge is 2.14. The van der Waals surface area contributed by atoms with Gasteiger partial charge in [-0.1, -0.05) is 6.92 Å². The van der Waals surface area contributed by atoms with Crippen LogP contribution in [-0.4, -0.2) is 26.0 Å². The first-order valence-electron chi connectivity index (χ1n) is 5.38. The summed E-state index contributed by atoms with van der Waals surface area (Å²) in [6.45, 7) is 5.32. The Morgan fingerprint density at radius 1 is 1.33 bits per heavy atom. The van der Waals surface area contributed by atoms with E-state index in [1.54, 1.807) is 26.8 Å². The first kappa shape index (κ1) is 14.5. The fourth-order valence-corrected chi connectivity index (χ4v) is 2.40. The summed E-state index contributed by atoms with van der Waals surface area (Å²) in [5, 5.41) is 9.02. The molecule has 0 unspecified atom stereocenters. The van der Waals surface area contributed by atoms with Crippen molar-refractivity contribution >= 4 is 21.9 Å². The summed E-state index contributed by atoms with van der Waals surface area (Å²) in [5.41, 5.74) is 1.65.